The quantitative estimate of drug-likeness (QED) is 0.795. The first-order valence-corrected chi connectivity index (χ1v) is 7.27. The van der Waals surface area contributed by atoms with Crippen LogP contribution in [-0.2, 0) is 16.9 Å². The van der Waals surface area contributed by atoms with Crippen molar-refractivity contribution in [2.24, 2.45) is 0 Å². The molecule has 0 bridgehead atoms. The largest absolute Gasteiger partial charge is 0.360 e. The van der Waals surface area contributed by atoms with Gasteiger partial charge in [-0.25, -0.2) is 15.0 Å². The second kappa shape index (κ2) is 4.58. The van der Waals surface area contributed by atoms with Crippen LogP contribution in [-0.4, -0.2) is 38.8 Å². The highest BCUT2D eigenvalue weighted by molar-refractivity contribution is 5.93. The van der Waals surface area contributed by atoms with E-state index in [1.165, 1.54) is 0 Å². The van der Waals surface area contributed by atoms with Gasteiger partial charge in [-0.3, -0.25) is 4.79 Å². The summed E-state index contributed by atoms with van der Waals surface area (Å²) in [5.41, 5.74) is 2.84. The van der Waals surface area contributed by atoms with Crippen molar-refractivity contribution >= 4 is 5.91 Å². The lowest BCUT2D eigenvalue weighted by molar-refractivity contribution is -0.126. The molecule has 1 fully saturated rings. The van der Waals surface area contributed by atoms with Crippen LogP contribution in [0.2, 0.25) is 0 Å². The Labute approximate surface area is 128 Å². The molecule has 4 heterocycles. The van der Waals surface area contributed by atoms with Crippen LogP contribution in [0.15, 0.2) is 24.4 Å². The minimum atomic E-state index is -0.428. The molecule has 0 atom stereocenters. The number of amides is 1. The highest BCUT2D eigenvalue weighted by Crippen LogP contribution is 2.42. The number of hydrogen-bond acceptors (Lipinski definition) is 5. The molecule has 4 rings (SSSR count). The molecule has 112 valence electrons. The Bertz CT molecular complexity index is 768. The molecular formula is C16H16N4O2. The van der Waals surface area contributed by atoms with Crippen molar-refractivity contribution in [3.05, 3.63) is 52.9 Å². The van der Waals surface area contributed by atoms with Gasteiger partial charge in [0.1, 0.15) is 17.1 Å². The molecule has 6 nitrogen and oxygen atoms in total. The van der Waals surface area contributed by atoms with E-state index in [-0.39, 0.29) is 5.91 Å². The number of hydrogen-bond donors (Lipinski definition) is 0. The van der Waals surface area contributed by atoms with E-state index in [2.05, 4.69) is 15.0 Å². The lowest BCUT2D eigenvalue weighted by atomic mass is 9.87. The van der Waals surface area contributed by atoms with E-state index < -0.39 is 5.60 Å². The van der Waals surface area contributed by atoms with Gasteiger partial charge in [0.2, 0.25) is 0 Å². The van der Waals surface area contributed by atoms with Gasteiger partial charge in [-0.1, -0.05) is 6.07 Å². The Morgan fingerprint density at radius 3 is 2.86 bits per heavy atom. The summed E-state index contributed by atoms with van der Waals surface area (Å²) in [6.07, 6.45) is 1.83. The third kappa shape index (κ3) is 1.91. The van der Waals surface area contributed by atoms with Crippen molar-refractivity contribution in [2.45, 2.75) is 26.1 Å². The molecule has 0 aliphatic carbocycles. The number of fused-ring (bicyclic) bond motifs is 2. The molecule has 2 aromatic rings. The monoisotopic (exact) mass is 296 g/mol. The zero-order valence-electron chi connectivity index (χ0n) is 12.5. The number of ether oxygens (including phenoxy) is 1. The first kappa shape index (κ1) is 13.3. The van der Waals surface area contributed by atoms with Crippen LogP contribution in [0.5, 0.6) is 0 Å². The van der Waals surface area contributed by atoms with E-state index in [0.717, 1.165) is 22.8 Å². The number of aromatic nitrogens is 3. The second-order valence-electron chi connectivity index (χ2n) is 5.89. The standard InChI is InChI=1S/C16H16N4O2/c1-10-4-3-5-13(18-10)15(21)20-8-16(9-20)12-6-17-11(2)19-14(12)7-22-16/h3-6H,7-9H2,1-2H3. The molecule has 0 saturated carbocycles. The Balaban J connectivity index is 1.55. The summed E-state index contributed by atoms with van der Waals surface area (Å²) in [5, 5.41) is 0. The maximum absolute atomic E-state index is 12.5. The molecule has 0 unspecified atom stereocenters. The Morgan fingerprint density at radius 1 is 1.27 bits per heavy atom. The molecule has 2 aromatic heterocycles. The minimum absolute atomic E-state index is 0.0561. The maximum Gasteiger partial charge on any atom is 0.272 e. The van der Waals surface area contributed by atoms with Crippen LogP contribution in [0.4, 0.5) is 0 Å². The van der Waals surface area contributed by atoms with Crippen molar-refractivity contribution < 1.29 is 9.53 Å². The third-order valence-electron chi connectivity index (χ3n) is 4.25. The van der Waals surface area contributed by atoms with Gasteiger partial charge in [0, 0.05) is 17.5 Å². The fraction of sp³-hybridized carbons (Fsp3) is 0.375. The van der Waals surface area contributed by atoms with Crippen LogP contribution in [0.25, 0.3) is 0 Å². The number of aryl methyl sites for hydroxylation is 2. The van der Waals surface area contributed by atoms with Crippen molar-refractivity contribution in [1.82, 2.24) is 19.9 Å². The smallest absolute Gasteiger partial charge is 0.272 e. The summed E-state index contributed by atoms with van der Waals surface area (Å²) in [4.78, 5) is 27.2. The number of nitrogens with zero attached hydrogens (tertiary/aromatic N) is 4. The SMILES string of the molecule is Cc1cccc(C(=O)N2CC3(C2)OCc2nc(C)ncc23)n1. The molecule has 2 aliphatic rings. The summed E-state index contributed by atoms with van der Waals surface area (Å²) >= 11 is 0. The van der Waals surface area contributed by atoms with Gasteiger partial charge in [0.25, 0.3) is 5.91 Å². The fourth-order valence-electron chi connectivity index (χ4n) is 3.09. The lowest BCUT2D eigenvalue weighted by Gasteiger charge is -2.47. The Hall–Kier alpha value is -2.34. The van der Waals surface area contributed by atoms with Gasteiger partial charge in [0.15, 0.2) is 0 Å². The molecule has 0 aromatic carbocycles. The predicted molar refractivity (Wildman–Crippen MR) is 78.1 cm³/mol. The van der Waals surface area contributed by atoms with Crippen LogP contribution in [0, 0.1) is 13.8 Å². The first-order valence-electron chi connectivity index (χ1n) is 7.27. The molecule has 22 heavy (non-hydrogen) atoms. The summed E-state index contributed by atoms with van der Waals surface area (Å²) in [6.45, 7) is 5.29. The van der Waals surface area contributed by atoms with Crippen LogP contribution in [0.1, 0.15) is 33.3 Å². The molecule has 1 saturated heterocycles. The Kier molecular flexibility index (Phi) is 2.77. The van der Waals surface area contributed by atoms with E-state index in [9.17, 15) is 4.79 Å². The molecule has 2 aliphatic heterocycles. The summed E-state index contributed by atoms with van der Waals surface area (Å²) in [6, 6.07) is 5.48. The van der Waals surface area contributed by atoms with Crippen molar-refractivity contribution in [1.29, 1.82) is 0 Å². The summed E-state index contributed by atoms with van der Waals surface area (Å²) < 4.78 is 5.93. The third-order valence-corrected chi connectivity index (χ3v) is 4.25. The zero-order chi connectivity index (χ0) is 15.3. The first-order chi connectivity index (χ1) is 10.6. The molecule has 1 spiro atoms. The van der Waals surface area contributed by atoms with E-state index >= 15 is 0 Å². The van der Waals surface area contributed by atoms with Gasteiger partial charge in [-0.2, -0.15) is 0 Å². The normalized spacial score (nSPS) is 18.2. The molecule has 6 heteroatoms. The van der Waals surface area contributed by atoms with E-state index in [0.29, 0.717) is 25.4 Å². The summed E-state index contributed by atoms with van der Waals surface area (Å²) in [7, 11) is 0. The van der Waals surface area contributed by atoms with Gasteiger partial charge in [0.05, 0.1) is 25.4 Å². The molecular weight excluding hydrogens is 280 g/mol. The number of carbonyl (C=O) groups excluding carboxylic acids is 1. The van der Waals surface area contributed by atoms with E-state index in [1.807, 2.05) is 32.2 Å². The van der Waals surface area contributed by atoms with Gasteiger partial charge >= 0.3 is 0 Å². The average molecular weight is 296 g/mol. The number of likely N-dealkylation sites (tertiary alicyclic amines) is 1. The van der Waals surface area contributed by atoms with Crippen LogP contribution in [0.3, 0.4) is 0 Å². The fourth-order valence-corrected chi connectivity index (χ4v) is 3.09. The topological polar surface area (TPSA) is 68.2 Å². The van der Waals surface area contributed by atoms with Crippen molar-refractivity contribution in [3.63, 3.8) is 0 Å². The number of pyridine rings is 1. The van der Waals surface area contributed by atoms with Crippen molar-refractivity contribution in [2.75, 3.05) is 13.1 Å². The highest BCUT2D eigenvalue weighted by Gasteiger charge is 2.52. The number of rotatable bonds is 1. The molecule has 0 radical (unpaired) electrons. The molecule has 1 amide bonds. The maximum atomic E-state index is 12.5. The van der Waals surface area contributed by atoms with Crippen LogP contribution >= 0.6 is 0 Å². The van der Waals surface area contributed by atoms with Gasteiger partial charge in [-0.15, -0.1) is 0 Å². The predicted octanol–water partition coefficient (Wildman–Crippen LogP) is 1.37. The average Bonchev–Trinajstić information content (AvgIpc) is 2.83. The Morgan fingerprint density at radius 2 is 2.09 bits per heavy atom. The van der Waals surface area contributed by atoms with Crippen LogP contribution < -0.4 is 0 Å². The molecule has 0 N–H and O–H groups in total. The summed E-state index contributed by atoms with van der Waals surface area (Å²) in [5.74, 6) is 0.690. The second-order valence-corrected chi connectivity index (χ2v) is 5.89. The van der Waals surface area contributed by atoms with E-state index in [1.54, 1.807) is 11.0 Å². The highest BCUT2D eigenvalue weighted by atomic mass is 16.5. The van der Waals surface area contributed by atoms with Gasteiger partial charge < -0.3 is 9.64 Å². The number of carbonyl (C=O) groups is 1. The van der Waals surface area contributed by atoms with Crippen molar-refractivity contribution in [3.8, 4) is 0 Å². The zero-order valence-corrected chi connectivity index (χ0v) is 12.5. The lowest BCUT2D eigenvalue weighted by Crippen LogP contribution is -2.61. The minimum Gasteiger partial charge on any atom is -0.360 e. The van der Waals surface area contributed by atoms with Gasteiger partial charge in [-0.05, 0) is 26.0 Å². The van der Waals surface area contributed by atoms with E-state index in [4.69, 9.17) is 4.74 Å².